The summed E-state index contributed by atoms with van der Waals surface area (Å²) in [6.07, 6.45) is 3.08. The highest BCUT2D eigenvalue weighted by atomic mass is 35.5. The van der Waals surface area contributed by atoms with Gasteiger partial charge in [0.05, 0.1) is 34.1 Å². The summed E-state index contributed by atoms with van der Waals surface area (Å²) in [6, 6.07) is 10.5. The first-order chi connectivity index (χ1) is 16.3. The van der Waals surface area contributed by atoms with Gasteiger partial charge in [-0.15, -0.1) is 0 Å². The second-order valence-corrected chi connectivity index (χ2v) is 8.75. The molecular weight excluding hydrogens is 465 g/mol. The fourth-order valence-electron chi connectivity index (χ4n) is 4.41. The van der Waals surface area contributed by atoms with E-state index in [1.807, 2.05) is 31.3 Å². The number of benzene rings is 2. The van der Waals surface area contributed by atoms with E-state index in [1.165, 1.54) is 12.1 Å². The molecule has 2 atom stereocenters. The summed E-state index contributed by atoms with van der Waals surface area (Å²) < 4.78 is 40.0. The summed E-state index contributed by atoms with van der Waals surface area (Å²) in [4.78, 5) is 23.9. The second-order valence-electron chi connectivity index (χ2n) is 8.38. The third kappa shape index (κ3) is 5.23. The molecule has 4 rings (SSSR count). The van der Waals surface area contributed by atoms with Crippen molar-refractivity contribution >= 4 is 17.5 Å². The standard InChI is InChI=1S/C25H24ClF3N4O/c1-33-13-3-2-10-21(33)23(17-7-4-6-16(14-17)20-15-30-11-12-31-20)32-24(34)18-8-5-9-19(22(18)26)25(27,28)29/h4-9,11-12,14-15,21,23H,2-3,10,13H2,1H3,(H,32,34)/t21-,23-/m0/s1. The average molecular weight is 489 g/mol. The number of rotatable bonds is 5. The molecule has 1 fully saturated rings. The third-order valence-corrected chi connectivity index (χ3v) is 6.56. The molecule has 5 nitrogen and oxygen atoms in total. The molecule has 1 N–H and O–H groups in total. The SMILES string of the molecule is CN1CCCC[C@H]1[C@@H](NC(=O)c1cccc(C(F)(F)F)c1Cl)c1cccc(-c2cnccn2)c1. The Bertz CT molecular complexity index is 1160. The number of nitrogens with zero attached hydrogens (tertiary/aromatic N) is 3. The second kappa shape index (κ2) is 10.1. The van der Waals surface area contributed by atoms with Crippen molar-refractivity contribution in [2.75, 3.05) is 13.6 Å². The topological polar surface area (TPSA) is 58.1 Å². The van der Waals surface area contributed by atoms with Crippen LogP contribution < -0.4 is 5.32 Å². The number of amides is 1. The van der Waals surface area contributed by atoms with Crippen molar-refractivity contribution in [3.63, 3.8) is 0 Å². The quantitative estimate of drug-likeness (QED) is 0.495. The zero-order valence-electron chi connectivity index (χ0n) is 18.5. The first-order valence-electron chi connectivity index (χ1n) is 11.0. The lowest BCUT2D eigenvalue weighted by Gasteiger charge is -2.38. The van der Waals surface area contributed by atoms with Gasteiger partial charge in [-0.25, -0.2) is 0 Å². The van der Waals surface area contributed by atoms with Gasteiger partial charge in [-0.3, -0.25) is 14.8 Å². The maximum Gasteiger partial charge on any atom is 0.417 e. The number of likely N-dealkylation sites (tertiary alicyclic amines) is 1. The molecular formula is C25H24ClF3N4O. The number of hydrogen-bond donors (Lipinski definition) is 1. The van der Waals surface area contributed by atoms with E-state index in [1.54, 1.807) is 18.6 Å². The lowest BCUT2D eigenvalue weighted by molar-refractivity contribution is -0.137. The Labute approximate surface area is 201 Å². The van der Waals surface area contributed by atoms with Crippen LogP contribution in [-0.4, -0.2) is 40.4 Å². The molecule has 3 aromatic rings. The molecule has 0 bridgehead atoms. The van der Waals surface area contributed by atoms with Crippen molar-refractivity contribution in [1.29, 1.82) is 0 Å². The van der Waals surface area contributed by atoms with Crippen LogP contribution >= 0.6 is 11.6 Å². The highest BCUT2D eigenvalue weighted by Crippen LogP contribution is 2.37. The fraction of sp³-hybridized carbons (Fsp3) is 0.320. The van der Waals surface area contributed by atoms with Crippen LogP contribution in [0.2, 0.25) is 5.02 Å². The van der Waals surface area contributed by atoms with Crippen molar-refractivity contribution in [1.82, 2.24) is 20.2 Å². The molecule has 2 heterocycles. The normalized spacial score (nSPS) is 17.9. The monoisotopic (exact) mass is 488 g/mol. The van der Waals surface area contributed by atoms with Gasteiger partial charge in [-0.2, -0.15) is 13.2 Å². The van der Waals surface area contributed by atoms with E-state index in [0.29, 0.717) is 5.69 Å². The lowest BCUT2D eigenvalue weighted by Crippen LogP contribution is -2.47. The highest BCUT2D eigenvalue weighted by molar-refractivity contribution is 6.34. The van der Waals surface area contributed by atoms with E-state index < -0.39 is 28.7 Å². The van der Waals surface area contributed by atoms with E-state index >= 15 is 0 Å². The number of nitrogens with one attached hydrogen (secondary N) is 1. The number of piperidine rings is 1. The molecule has 1 aliphatic rings. The van der Waals surface area contributed by atoms with Gasteiger partial charge in [0, 0.05) is 24.0 Å². The highest BCUT2D eigenvalue weighted by Gasteiger charge is 2.36. The number of halogens is 4. The van der Waals surface area contributed by atoms with Crippen LogP contribution in [0.25, 0.3) is 11.3 Å². The minimum atomic E-state index is -4.65. The Morgan fingerprint density at radius 1 is 1.18 bits per heavy atom. The van der Waals surface area contributed by atoms with Crippen LogP contribution in [0.4, 0.5) is 13.2 Å². The van der Waals surface area contributed by atoms with E-state index in [9.17, 15) is 18.0 Å². The molecule has 0 spiro atoms. The van der Waals surface area contributed by atoms with E-state index in [2.05, 4.69) is 20.2 Å². The van der Waals surface area contributed by atoms with Crippen LogP contribution in [0.1, 0.15) is 46.8 Å². The first-order valence-corrected chi connectivity index (χ1v) is 11.4. The summed E-state index contributed by atoms with van der Waals surface area (Å²) in [5.74, 6) is -0.648. The molecule has 1 aliphatic heterocycles. The molecule has 0 aliphatic carbocycles. The van der Waals surface area contributed by atoms with Crippen LogP contribution in [0.15, 0.2) is 61.1 Å². The summed E-state index contributed by atoms with van der Waals surface area (Å²) in [7, 11) is 1.99. The summed E-state index contributed by atoms with van der Waals surface area (Å²) in [5, 5.41) is 2.38. The summed E-state index contributed by atoms with van der Waals surface area (Å²) >= 11 is 6.03. The number of carbonyl (C=O) groups excluding carboxylic acids is 1. The zero-order valence-corrected chi connectivity index (χ0v) is 19.3. The fourth-order valence-corrected chi connectivity index (χ4v) is 4.73. The average Bonchev–Trinajstić information content (AvgIpc) is 2.83. The Morgan fingerprint density at radius 2 is 1.97 bits per heavy atom. The molecule has 9 heteroatoms. The van der Waals surface area contributed by atoms with Crippen molar-refractivity contribution in [3.05, 3.63) is 82.8 Å². The van der Waals surface area contributed by atoms with Gasteiger partial charge >= 0.3 is 6.18 Å². The van der Waals surface area contributed by atoms with E-state index in [-0.39, 0.29) is 11.6 Å². The summed E-state index contributed by atoms with van der Waals surface area (Å²) in [6.45, 7) is 0.866. The minimum Gasteiger partial charge on any atom is -0.344 e. The van der Waals surface area contributed by atoms with Gasteiger partial charge < -0.3 is 10.2 Å². The number of likely N-dealkylation sites (N-methyl/N-ethyl adjacent to an activating group) is 1. The van der Waals surface area contributed by atoms with Gasteiger partial charge in [-0.1, -0.05) is 42.3 Å². The van der Waals surface area contributed by atoms with E-state index in [4.69, 9.17) is 11.6 Å². The number of aromatic nitrogens is 2. The van der Waals surface area contributed by atoms with Crippen molar-refractivity contribution in [2.45, 2.75) is 37.5 Å². The predicted octanol–water partition coefficient (Wildman–Crippen LogP) is 5.77. The smallest absolute Gasteiger partial charge is 0.344 e. The maximum absolute atomic E-state index is 13.3. The molecule has 178 valence electrons. The Morgan fingerprint density at radius 3 is 2.68 bits per heavy atom. The van der Waals surface area contributed by atoms with Crippen LogP contribution in [0.5, 0.6) is 0 Å². The lowest BCUT2D eigenvalue weighted by atomic mass is 9.90. The first kappa shape index (κ1) is 24.2. The van der Waals surface area contributed by atoms with Crippen molar-refractivity contribution < 1.29 is 18.0 Å². The van der Waals surface area contributed by atoms with Gasteiger partial charge in [0.1, 0.15) is 0 Å². The van der Waals surface area contributed by atoms with Gasteiger partial charge in [0.25, 0.3) is 5.91 Å². The Hall–Kier alpha value is -2.97. The van der Waals surface area contributed by atoms with Crippen LogP contribution in [0.3, 0.4) is 0 Å². The maximum atomic E-state index is 13.3. The van der Waals surface area contributed by atoms with Crippen LogP contribution in [0, 0.1) is 0 Å². The molecule has 0 radical (unpaired) electrons. The third-order valence-electron chi connectivity index (χ3n) is 6.15. The number of alkyl halides is 3. The molecule has 1 aromatic heterocycles. The predicted molar refractivity (Wildman–Crippen MR) is 124 cm³/mol. The van der Waals surface area contributed by atoms with Gasteiger partial charge in [-0.05, 0) is 50.2 Å². The van der Waals surface area contributed by atoms with E-state index in [0.717, 1.165) is 43.0 Å². The largest absolute Gasteiger partial charge is 0.417 e. The van der Waals surface area contributed by atoms with Crippen molar-refractivity contribution in [3.8, 4) is 11.3 Å². The minimum absolute atomic E-state index is 0.0284. The molecule has 0 unspecified atom stereocenters. The van der Waals surface area contributed by atoms with Gasteiger partial charge in [0.2, 0.25) is 0 Å². The number of hydrogen-bond acceptors (Lipinski definition) is 4. The van der Waals surface area contributed by atoms with Crippen molar-refractivity contribution in [2.24, 2.45) is 0 Å². The molecule has 1 amide bonds. The summed E-state index contributed by atoms with van der Waals surface area (Å²) in [5.41, 5.74) is 1.12. The Kier molecular flexibility index (Phi) is 7.19. The molecule has 1 saturated heterocycles. The Balaban J connectivity index is 1.71. The van der Waals surface area contributed by atoms with Crippen LogP contribution in [-0.2, 0) is 6.18 Å². The molecule has 34 heavy (non-hydrogen) atoms. The molecule has 0 saturated carbocycles. The van der Waals surface area contributed by atoms with Gasteiger partial charge in [0.15, 0.2) is 0 Å². The zero-order chi connectivity index (χ0) is 24.3. The number of carbonyl (C=O) groups is 1. The molecule has 2 aromatic carbocycles.